The fraction of sp³-hybridized carbons (Fsp3) is 0.222. The highest BCUT2D eigenvalue weighted by Crippen LogP contribution is 2.24. The molecule has 0 fully saturated rings. The molecule has 76 valence electrons. The van der Waals surface area contributed by atoms with Crippen LogP contribution in [0.1, 0.15) is 6.92 Å². The van der Waals surface area contributed by atoms with Crippen LogP contribution in [0.4, 0.5) is 16.2 Å². The van der Waals surface area contributed by atoms with E-state index in [0.717, 1.165) is 0 Å². The van der Waals surface area contributed by atoms with Gasteiger partial charge in [0.1, 0.15) is 5.75 Å². The SMILES string of the molecule is CCOc1ccc(N)c(NC(=O)O)c1. The van der Waals surface area contributed by atoms with E-state index in [1.165, 1.54) is 0 Å². The van der Waals surface area contributed by atoms with Gasteiger partial charge < -0.3 is 15.6 Å². The van der Waals surface area contributed by atoms with Crippen LogP contribution in [-0.2, 0) is 0 Å². The van der Waals surface area contributed by atoms with Gasteiger partial charge in [-0.25, -0.2) is 4.79 Å². The number of hydrogen-bond donors (Lipinski definition) is 3. The van der Waals surface area contributed by atoms with Crippen LogP contribution < -0.4 is 15.8 Å². The maximum Gasteiger partial charge on any atom is 0.409 e. The zero-order valence-corrected chi connectivity index (χ0v) is 7.78. The molecule has 0 atom stereocenters. The van der Waals surface area contributed by atoms with Gasteiger partial charge in [-0.1, -0.05) is 0 Å². The number of hydrogen-bond acceptors (Lipinski definition) is 3. The molecule has 0 bridgehead atoms. The van der Waals surface area contributed by atoms with Crippen molar-refractivity contribution in [1.29, 1.82) is 0 Å². The van der Waals surface area contributed by atoms with E-state index in [1.54, 1.807) is 18.2 Å². The van der Waals surface area contributed by atoms with Gasteiger partial charge in [-0.05, 0) is 19.1 Å². The van der Waals surface area contributed by atoms with Gasteiger partial charge in [-0.3, -0.25) is 5.32 Å². The van der Waals surface area contributed by atoms with E-state index < -0.39 is 6.09 Å². The van der Waals surface area contributed by atoms with Gasteiger partial charge in [0, 0.05) is 6.07 Å². The van der Waals surface area contributed by atoms with Crippen molar-refractivity contribution in [2.24, 2.45) is 0 Å². The summed E-state index contributed by atoms with van der Waals surface area (Å²) < 4.78 is 5.19. The van der Waals surface area contributed by atoms with Crippen molar-refractivity contribution in [2.75, 3.05) is 17.7 Å². The van der Waals surface area contributed by atoms with Crippen LogP contribution in [-0.4, -0.2) is 17.8 Å². The number of carboxylic acid groups (broad SMARTS) is 1. The van der Waals surface area contributed by atoms with E-state index >= 15 is 0 Å². The number of nitrogen functional groups attached to an aromatic ring is 1. The van der Waals surface area contributed by atoms with Gasteiger partial charge in [0.05, 0.1) is 18.0 Å². The number of amides is 1. The Kier molecular flexibility index (Phi) is 3.17. The van der Waals surface area contributed by atoms with Crippen molar-refractivity contribution in [3.63, 3.8) is 0 Å². The highest BCUT2D eigenvalue weighted by molar-refractivity contribution is 5.88. The van der Waals surface area contributed by atoms with Crippen molar-refractivity contribution in [2.45, 2.75) is 6.92 Å². The molecule has 0 spiro atoms. The molecule has 1 aromatic rings. The lowest BCUT2D eigenvalue weighted by molar-refractivity contribution is 0.210. The van der Waals surface area contributed by atoms with Crippen LogP contribution in [0.2, 0.25) is 0 Å². The van der Waals surface area contributed by atoms with Gasteiger partial charge in [0.2, 0.25) is 0 Å². The molecule has 0 aliphatic rings. The number of rotatable bonds is 3. The van der Waals surface area contributed by atoms with Crippen LogP contribution >= 0.6 is 0 Å². The summed E-state index contributed by atoms with van der Waals surface area (Å²) in [4.78, 5) is 10.4. The maximum absolute atomic E-state index is 10.4. The average Bonchev–Trinajstić information content (AvgIpc) is 2.10. The predicted octanol–water partition coefficient (Wildman–Crippen LogP) is 1.76. The molecule has 0 aromatic heterocycles. The molecule has 0 unspecified atom stereocenters. The molecule has 5 heteroatoms. The molecular weight excluding hydrogens is 184 g/mol. The zero-order valence-electron chi connectivity index (χ0n) is 7.78. The number of ether oxygens (including phenoxy) is 1. The molecule has 14 heavy (non-hydrogen) atoms. The van der Waals surface area contributed by atoms with Crippen LogP contribution in [0.25, 0.3) is 0 Å². The zero-order chi connectivity index (χ0) is 10.6. The smallest absolute Gasteiger partial charge is 0.409 e. The molecule has 5 nitrogen and oxygen atoms in total. The summed E-state index contributed by atoms with van der Waals surface area (Å²) in [5.41, 5.74) is 6.26. The largest absolute Gasteiger partial charge is 0.494 e. The summed E-state index contributed by atoms with van der Waals surface area (Å²) in [6.45, 7) is 2.37. The van der Waals surface area contributed by atoms with E-state index in [0.29, 0.717) is 23.7 Å². The van der Waals surface area contributed by atoms with Gasteiger partial charge >= 0.3 is 6.09 Å². The third-order valence-electron chi connectivity index (χ3n) is 1.58. The van der Waals surface area contributed by atoms with Crippen molar-refractivity contribution in [1.82, 2.24) is 0 Å². The second kappa shape index (κ2) is 4.36. The van der Waals surface area contributed by atoms with Crippen molar-refractivity contribution in [3.05, 3.63) is 18.2 Å². The number of nitrogens with two attached hydrogens (primary N) is 1. The lowest BCUT2D eigenvalue weighted by Crippen LogP contribution is -2.09. The Morgan fingerprint density at radius 3 is 2.93 bits per heavy atom. The van der Waals surface area contributed by atoms with Crippen LogP contribution in [0.3, 0.4) is 0 Å². The fourth-order valence-electron chi connectivity index (χ4n) is 1.02. The molecule has 0 aliphatic carbocycles. The molecular formula is C9H12N2O3. The van der Waals surface area contributed by atoms with Gasteiger partial charge in [-0.15, -0.1) is 0 Å². The number of benzene rings is 1. The van der Waals surface area contributed by atoms with Crippen LogP contribution in [0.15, 0.2) is 18.2 Å². The van der Waals surface area contributed by atoms with Crippen molar-refractivity contribution < 1.29 is 14.6 Å². The molecule has 0 heterocycles. The lowest BCUT2D eigenvalue weighted by atomic mass is 10.2. The summed E-state index contributed by atoms with van der Waals surface area (Å²) in [5, 5.41) is 10.7. The van der Waals surface area contributed by atoms with Gasteiger partial charge in [-0.2, -0.15) is 0 Å². The molecule has 1 amide bonds. The minimum Gasteiger partial charge on any atom is -0.494 e. The Morgan fingerprint density at radius 1 is 1.64 bits per heavy atom. The minimum atomic E-state index is -1.15. The highest BCUT2D eigenvalue weighted by atomic mass is 16.5. The maximum atomic E-state index is 10.4. The second-order valence-electron chi connectivity index (χ2n) is 2.61. The Morgan fingerprint density at radius 2 is 2.36 bits per heavy atom. The van der Waals surface area contributed by atoms with Crippen molar-refractivity contribution in [3.8, 4) is 5.75 Å². The number of carbonyl (C=O) groups is 1. The Bertz CT molecular complexity index is 339. The van der Waals surface area contributed by atoms with E-state index in [4.69, 9.17) is 15.6 Å². The predicted molar refractivity (Wildman–Crippen MR) is 53.7 cm³/mol. The summed E-state index contributed by atoms with van der Waals surface area (Å²) in [5.74, 6) is 0.588. The summed E-state index contributed by atoms with van der Waals surface area (Å²) in [7, 11) is 0. The van der Waals surface area contributed by atoms with Crippen LogP contribution in [0.5, 0.6) is 5.75 Å². The van der Waals surface area contributed by atoms with Crippen molar-refractivity contribution >= 4 is 17.5 Å². The second-order valence-corrected chi connectivity index (χ2v) is 2.61. The number of nitrogens with one attached hydrogen (secondary N) is 1. The molecule has 1 rings (SSSR count). The number of anilines is 2. The minimum absolute atomic E-state index is 0.337. The van der Waals surface area contributed by atoms with Gasteiger partial charge in [0.25, 0.3) is 0 Å². The summed E-state index contributed by atoms with van der Waals surface area (Å²) in [6.07, 6.45) is -1.15. The standard InChI is InChI=1S/C9H12N2O3/c1-2-14-6-3-4-7(10)8(5-6)11-9(12)13/h3-5,11H,2,10H2,1H3,(H,12,13). The van der Waals surface area contributed by atoms with E-state index in [1.807, 2.05) is 6.92 Å². The first-order chi connectivity index (χ1) is 6.63. The monoisotopic (exact) mass is 196 g/mol. The molecule has 1 aromatic carbocycles. The summed E-state index contributed by atoms with van der Waals surface area (Å²) in [6, 6.07) is 4.83. The molecule has 0 saturated carbocycles. The normalized spacial score (nSPS) is 9.50. The highest BCUT2D eigenvalue weighted by Gasteiger charge is 2.04. The molecule has 4 N–H and O–H groups in total. The van der Waals surface area contributed by atoms with E-state index in [-0.39, 0.29) is 0 Å². The third-order valence-corrected chi connectivity index (χ3v) is 1.58. The van der Waals surface area contributed by atoms with E-state index in [2.05, 4.69) is 5.32 Å². The van der Waals surface area contributed by atoms with Crippen LogP contribution in [0, 0.1) is 0 Å². The Balaban J connectivity index is 2.90. The van der Waals surface area contributed by atoms with E-state index in [9.17, 15) is 4.79 Å². The third kappa shape index (κ3) is 2.55. The summed E-state index contributed by atoms with van der Waals surface area (Å²) >= 11 is 0. The topological polar surface area (TPSA) is 84.6 Å². The Labute approximate surface area is 81.5 Å². The fourth-order valence-corrected chi connectivity index (χ4v) is 1.02. The lowest BCUT2D eigenvalue weighted by Gasteiger charge is -2.08. The molecule has 0 radical (unpaired) electrons. The van der Waals surface area contributed by atoms with Gasteiger partial charge in [0.15, 0.2) is 0 Å². The molecule has 0 saturated heterocycles. The Hall–Kier alpha value is -1.91. The molecule has 0 aliphatic heterocycles. The average molecular weight is 196 g/mol. The quantitative estimate of drug-likeness (QED) is 0.643. The first-order valence-corrected chi connectivity index (χ1v) is 4.15. The first-order valence-electron chi connectivity index (χ1n) is 4.15. The first kappa shape index (κ1) is 10.2.